The van der Waals surface area contributed by atoms with Gasteiger partial charge in [-0.1, -0.05) is 0 Å². The van der Waals surface area contributed by atoms with Gasteiger partial charge >= 0.3 is 258 Å². The molecule has 3 heteroatoms. The van der Waals surface area contributed by atoms with Crippen molar-refractivity contribution in [2.24, 2.45) is 5.92 Å². The summed E-state index contributed by atoms with van der Waals surface area (Å²) in [6, 6.07) is 23.8. The van der Waals surface area contributed by atoms with Crippen molar-refractivity contribution < 1.29 is 18.3 Å². The van der Waals surface area contributed by atoms with Crippen LogP contribution in [0.15, 0.2) is 82.2 Å². The number of rotatable bonds is 6. The second kappa shape index (κ2) is 12.9. The molecule has 3 aromatic carbocycles. The monoisotopic (exact) mass is 706 g/mol. The molecule has 0 nitrogen and oxygen atoms in total. The number of allylic oxidation sites excluding steroid dienone is 4. The van der Waals surface area contributed by atoms with E-state index in [1.165, 1.54) is 64.1 Å². The molecule has 44 heavy (non-hydrogen) atoms. The normalized spacial score (nSPS) is 16.9. The predicted molar refractivity (Wildman–Crippen MR) is 197 cm³/mol. The van der Waals surface area contributed by atoms with E-state index >= 15 is 0 Å². The summed E-state index contributed by atoms with van der Waals surface area (Å²) in [6.45, 7) is 14.4. The molecule has 1 saturated carbocycles. The molecule has 0 atom stereocenters. The third-order valence-corrected chi connectivity index (χ3v) is 27.6. The number of fused-ring (bicyclic) bond motifs is 3. The standard InChI is InChI=1S/C21H25.C7H13.C7H7.C5H5.CH2.2ClH.Zr/c1-20(2,3)16-7-9-18-14(12-16)11-15-13-17(21(4,5)6)8-10-19(15)18;2*1-7-5-3-2-4-6-7;1-2-4-5-3-1;;;;/h7-10,12H,11H2,1-6H3;7H,1-6H2;2-6H,1H2;1-3H,4H2;1H2;2*1H;. The summed E-state index contributed by atoms with van der Waals surface area (Å²) in [5, 5.41) is 0. The Morgan fingerprint density at radius 2 is 1.48 bits per heavy atom. The third-order valence-electron chi connectivity index (χ3n) is 11.0. The van der Waals surface area contributed by atoms with Crippen molar-refractivity contribution in [3.05, 3.63) is 110 Å². The molecule has 0 unspecified atom stereocenters. The SMILES string of the molecule is Cl.Cl.[CH2]=[Zr]([CH2]c1ccccc1)([CH2]C1CCCCC1)([C]1=CC=CC1)[c]1c(C(C)(C)C)ccc2c1Cc1cc(C(C)(C)C)ccc1-2. The van der Waals surface area contributed by atoms with Gasteiger partial charge in [-0.2, -0.15) is 0 Å². The van der Waals surface area contributed by atoms with Gasteiger partial charge in [-0.25, -0.2) is 0 Å². The van der Waals surface area contributed by atoms with Crippen LogP contribution >= 0.6 is 24.8 Å². The van der Waals surface area contributed by atoms with E-state index in [-0.39, 0.29) is 35.6 Å². The van der Waals surface area contributed by atoms with E-state index < -0.39 is 18.3 Å². The molecule has 236 valence electrons. The number of hydrogen-bond acceptors (Lipinski definition) is 0. The van der Waals surface area contributed by atoms with Gasteiger partial charge in [-0.15, -0.1) is 24.8 Å². The van der Waals surface area contributed by atoms with E-state index in [1.807, 2.05) is 0 Å². The Kier molecular flexibility index (Phi) is 10.4. The fourth-order valence-electron chi connectivity index (χ4n) is 8.89. The first-order chi connectivity index (χ1) is 19.9. The van der Waals surface area contributed by atoms with Gasteiger partial charge in [0.05, 0.1) is 0 Å². The maximum atomic E-state index is 5.82. The summed E-state index contributed by atoms with van der Waals surface area (Å²) < 4.78 is 11.8. The molecular weight excluding hydrogens is 655 g/mol. The first kappa shape index (κ1) is 35.3. The topological polar surface area (TPSA) is 0 Å². The average molecular weight is 709 g/mol. The van der Waals surface area contributed by atoms with Crippen molar-refractivity contribution in [1.82, 2.24) is 0 Å². The van der Waals surface area contributed by atoms with Crippen LogP contribution in [0.1, 0.15) is 108 Å². The molecule has 0 radical (unpaired) electrons. The molecular formula is C41H54Cl2Zr. The van der Waals surface area contributed by atoms with Gasteiger partial charge in [0.2, 0.25) is 0 Å². The van der Waals surface area contributed by atoms with Gasteiger partial charge in [-0.3, -0.25) is 0 Å². The molecule has 0 N–H and O–H groups in total. The number of benzene rings is 3. The number of hydrogen-bond donors (Lipinski definition) is 0. The summed E-state index contributed by atoms with van der Waals surface area (Å²) in [6.07, 6.45) is 16.4. The molecule has 0 amide bonds. The fraction of sp³-hybridized carbons (Fsp3) is 0.439. The van der Waals surface area contributed by atoms with Crippen molar-refractivity contribution in [2.45, 2.75) is 106 Å². The average Bonchev–Trinajstić information content (AvgIpc) is 3.61. The van der Waals surface area contributed by atoms with Gasteiger partial charge in [0.1, 0.15) is 0 Å². The van der Waals surface area contributed by atoms with Crippen LogP contribution in [0.3, 0.4) is 0 Å². The summed E-state index contributed by atoms with van der Waals surface area (Å²) in [7, 11) is 0. The molecule has 3 aliphatic rings. The molecule has 0 aromatic heterocycles. The summed E-state index contributed by atoms with van der Waals surface area (Å²) >= 11 is -4.26. The molecule has 1 fully saturated rings. The van der Waals surface area contributed by atoms with Crippen LogP contribution in [0.2, 0.25) is 4.13 Å². The second-order valence-corrected chi connectivity index (χ2v) is 30.4. The molecule has 0 spiro atoms. The molecule has 6 rings (SSSR count). The van der Waals surface area contributed by atoms with Crippen molar-refractivity contribution in [3.63, 3.8) is 0 Å². The van der Waals surface area contributed by atoms with E-state index in [4.69, 9.17) is 4.21 Å². The van der Waals surface area contributed by atoms with Crippen LogP contribution in [0.5, 0.6) is 0 Å². The Labute approximate surface area is 281 Å². The molecule has 0 heterocycles. The Morgan fingerprint density at radius 1 is 0.795 bits per heavy atom. The van der Waals surface area contributed by atoms with E-state index in [0.29, 0.717) is 0 Å². The van der Waals surface area contributed by atoms with Gasteiger partial charge in [-0.05, 0) is 0 Å². The molecule has 3 aromatic rings. The van der Waals surface area contributed by atoms with Gasteiger partial charge in [0, 0.05) is 0 Å². The van der Waals surface area contributed by atoms with Crippen LogP contribution in [0, 0.1) is 5.92 Å². The predicted octanol–water partition coefficient (Wildman–Crippen LogP) is 11.5. The Bertz CT molecular complexity index is 1620. The van der Waals surface area contributed by atoms with Crippen LogP contribution in [-0.4, -0.2) is 4.21 Å². The maximum absolute atomic E-state index is 5.82. The van der Waals surface area contributed by atoms with E-state index in [1.54, 1.807) is 17.7 Å². The quantitative estimate of drug-likeness (QED) is 0.187. The molecule has 0 bridgehead atoms. The Hall–Kier alpha value is -1.53. The molecule has 0 aliphatic heterocycles. The van der Waals surface area contributed by atoms with Crippen molar-refractivity contribution in [3.8, 4) is 11.1 Å². The number of halogens is 2. The van der Waals surface area contributed by atoms with E-state index in [0.717, 1.165) is 22.9 Å². The van der Waals surface area contributed by atoms with Crippen LogP contribution in [0.4, 0.5) is 0 Å². The van der Waals surface area contributed by atoms with Crippen LogP contribution < -0.4 is 3.27 Å². The summed E-state index contributed by atoms with van der Waals surface area (Å²) in [5.41, 5.74) is 10.8. The van der Waals surface area contributed by atoms with Crippen LogP contribution in [0.25, 0.3) is 11.1 Å². The van der Waals surface area contributed by atoms with E-state index in [2.05, 4.69) is 120 Å². The Balaban J connectivity index is 0.00000221. The van der Waals surface area contributed by atoms with Gasteiger partial charge in [0.15, 0.2) is 0 Å². The first-order valence-corrected chi connectivity index (χ1v) is 24.3. The Morgan fingerprint density at radius 3 is 2.09 bits per heavy atom. The molecule has 3 aliphatic carbocycles. The van der Waals surface area contributed by atoms with Crippen molar-refractivity contribution in [1.29, 1.82) is 0 Å². The zero-order chi connectivity index (χ0) is 29.8. The van der Waals surface area contributed by atoms with Crippen LogP contribution in [-0.2, 0) is 39.7 Å². The summed E-state index contributed by atoms with van der Waals surface area (Å²) in [5.74, 6) is 0.784. The zero-order valence-electron chi connectivity index (χ0n) is 28.0. The minimum atomic E-state index is -4.26. The third kappa shape index (κ3) is 6.37. The zero-order valence-corrected chi connectivity index (χ0v) is 32.1. The second-order valence-electron chi connectivity index (χ2n) is 16.2. The fourth-order valence-corrected chi connectivity index (χ4v) is 27.9. The van der Waals surface area contributed by atoms with E-state index in [9.17, 15) is 0 Å². The van der Waals surface area contributed by atoms with Crippen molar-refractivity contribution >= 4 is 32.3 Å². The first-order valence-electron chi connectivity index (χ1n) is 16.6. The van der Waals surface area contributed by atoms with Gasteiger partial charge < -0.3 is 0 Å². The molecule has 0 saturated heterocycles. The van der Waals surface area contributed by atoms with Gasteiger partial charge in [0.25, 0.3) is 0 Å². The van der Waals surface area contributed by atoms with Crippen molar-refractivity contribution in [2.75, 3.05) is 0 Å². The minimum absolute atomic E-state index is 0. The summed E-state index contributed by atoms with van der Waals surface area (Å²) in [4.78, 5) is 0.